The fraction of sp³-hybridized carbons (Fsp3) is 0.600. The molecule has 0 bridgehead atoms. The van der Waals surface area contributed by atoms with Gasteiger partial charge in [0.1, 0.15) is 5.75 Å². The lowest BCUT2D eigenvalue weighted by Gasteiger charge is -2.32. The molecule has 0 spiro atoms. The second-order valence-electron chi connectivity index (χ2n) is 6.19. The van der Waals surface area contributed by atoms with Crippen molar-refractivity contribution in [3.05, 3.63) is 29.8 Å². The third-order valence-corrected chi connectivity index (χ3v) is 4.32. The monoisotopic (exact) mass is 262 g/mol. The van der Waals surface area contributed by atoms with Crippen LogP contribution in [0.25, 0.3) is 0 Å². The Labute approximate surface area is 116 Å². The first-order chi connectivity index (χ1) is 8.77. The van der Waals surface area contributed by atoms with Crippen molar-refractivity contribution in [2.45, 2.75) is 51.6 Å². The Morgan fingerprint density at radius 1 is 1.00 bits per heavy atom. The predicted octanol–water partition coefficient (Wildman–Crippen LogP) is 3.43. The minimum absolute atomic E-state index is 0.187. The van der Waals surface area contributed by atoms with Gasteiger partial charge >= 0.3 is 7.12 Å². The number of hydrogen-bond acceptors (Lipinski definition) is 3. The highest BCUT2D eigenvalue weighted by Crippen LogP contribution is 2.40. The van der Waals surface area contributed by atoms with Crippen molar-refractivity contribution in [2.75, 3.05) is 7.11 Å². The molecule has 0 aliphatic carbocycles. The van der Waals surface area contributed by atoms with Crippen molar-refractivity contribution in [3.63, 3.8) is 0 Å². The molecule has 0 radical (unpaired) electrons. The molecule has 2 rings (SSSR count). The van der Waals surface area contributed by atoms with Crippen LogP contribution < -0.4 is 4.74 Å². The Hall–Kier alpha value is -0.995. The lowest BCUT2D eigenvalue weighted by Crippen LogP contribution is -2.41. The lowest BCUT2D eigenvalue weighted by molar-refractivity contribution is 0.00578. The van der Waals surface area contributed by atoms with Crippen LogP contribution in [0.2, 0.25) is 0 Å². The van der Waals surface area contributed by atoms with Crippen molar-refractivity contribution in [3.8, 4) is 5.75 Å². The fourth-order valence-corrected chi connectivity index (χ4v) is 2.16. The Kier molecular flexibility index (Phi) is 3.67. The van der Waals surface area contributed by atoms with Crippen molar-refractivity contribution in [1.29, 1.82) is 0 Å². The number of rotatable bonds is 3. The number of benzene rings is 1. The van der Waals surface area contributed by atoms with Crippen LogP contribution in [0.4, 0.5) is 0 Å². The van der Waals surface area contributed by atoms with Gasteiger partial charge in [-0.1, -0.05) is 19.1 Å². The Morgan fingerprint density at radius 3 is 1.89 bits per heavy atom. The minimum atomic E-state index is -0.279. The smallest absolute Gasteiger partial charge is 0.465 e. The van der Waals surface area contributed by atoms with Gasteiger partial charge in [-0.3, -0.25) is 0 Å². The van der Waals surface area contributed by atoms with Gasteiger partial charge in [-0.25, -0.2) is 0 Å². The maximum atomic E-state index is 6.08. The third kappa shape index (κ3) is 2.65. The van der Waals surface area contributed by atoms with Gasteiger partial charge in [0.25, 0.3) is 0 Å². The summed E-state index contributed by atoms with van der Waals surface area (Å²) in [7, 11) is 1.46. The van der Waals surface area contributed by atoms with E-state index in [-0.39, 0.29) is 24.1 Å². The maximum Gasteiger partial charge on any atom is 0.465 e. The molecule has 0 N–H and O–H groups in total. The zero-order chi connectivity index (χ0) is 14.3. The van der Waals surface area contributed by atoms with E-state index in [1.165, 1.54) is 5.56 Å². The van der Waals surface area contributed by atoms with Gasteiger partial charge in [-0.15, -0.1) is 0 Å². The standard InChI is InChI=1S/C15H23BO3/c1-11(12-7-9-13(17-6)10-8-12)16-18-14(2,3)15(4,5)19-16/h7-11H,1-6H3/t11-/m1/s1. The molecular weight excluding hydrogens is 239 g/mol. The highest BCUT2D eigenvalue weighted by atomic mass is 16.7. The molecular formula is C15H23BO3. The van der Waals surface area contributed by atoms with Crippen molar-refractivity contribution >= 4 is 7.12 Å². The molecule has 1 aromatic rings. The van der Waals surface area contributed by atoms with E-state index in [1.54, 1.807) is 7.11 Å². The highest BCUT2D eigenvalue weighted by molar-refractivity contribution is 6.47. The predicted molar refractivity (Wildman–Crippen MR) is 77.5 cm³/mol. The van der Waals surface area contributed by atoms with Gasteiger partial charge in [0.15, 0.2) is 0 Å². The molecule has 104 valence electrons. The van der Waals surface area contributed by atoms with Crippen LogP contribution in [0.5, 0.6) is 5.75 Å². The van der Waals surface area contributed by atoms with E-state index in [9.17, 15) is 0 Å². The number of ether oxygens (including phenoxy) is 1. The molecule has 4 heteroatoms. The van der Waals surface area contributed by atoms with Crippen LogP contribution in [0.1, 0.15) is 46.0 Å². The van der Waals surface area contributed by atoms with E-state index in [2.05, 4.69) is 46.8 Å². The average molecular weight is 262 g/mol. The van der Waals surface area contributed by atoms with Crippen molar-refractivity contribution in [1.82, 2.24) is 0 Å². The summed E-state index contributed by atoms with van der Waals surface area (Å²) in [5.41, 5.74) is 0.635. The van der Waals surface area contributed by atoms with E-state index in [1.807, 2.05) is 12.1 Å². The van der Waals surface area contributed by atoms with E-state index in [0.717, 1.165) is 5.75 Å². The van der Waals surface area contributed by atoms with Gasteiger partial charge in [-0.05, 0) is 45.4 Å². The SMILES string of the molecule is COc1ccc([C@@H](C)B2OC(C)(C)C(C)(C)O2)cc1. The molecule has 1 aromatic carbocycles. The van der Waals surface area contributed by atoms with Gasteiger partial charge in [0.05, 0.1) is 18.3 Å². The van der Waals surface area contributed by atoms with Crippen LogP contribution in [0.3, 0.4) is 0 Å². The topological polar surface area (TPSA) is 27.7 Å². The van der Waals surface area contributed by atoms with E-state index in [0.29, 0.717) is 0 Å². The highest BCUT2D eigenvalue weighted by Gasteiger charge is 2.52. The zero-order valence-electron chi connectivity index (χ0n) is 12.7. The first-order valence-electron chi connectivity index (χ1n) is 6.76. The molecule has 3 nitrogen and oxygen atoms in total. The lowest BCUT2D eigenvalue weighted by atomic mass is 9.69. The second-order valence-corrected chi connectivity index (χ2v) is 6.19. The molecule has 19 heavy (non-hydrogen) atoms. The van der Waals surface area contributed by atoms with Crippen LogP contribution >= 0.6 is 0 Å². The molecule has 1 aliphatic rings. The van der Waals surface area contributed by atoms with E-state index < -0.39 is 0 Å². The molecule has 0 unspecified atom stereocenters. The second kappa shape index (κ2) is 4.84. The van der Waals surface area contributed by atoms with Gasteiger partial charge in [0.2, 0.25) is 0 Å². The Morgan fingerprint density at radius 2 is 1.47 bits per heavy atom. The van der Waals surface area contributed by atoms with Gasteiger partial charge in [-0.2, -0.15) is 0 Å². The van der Waals surface area contributed by atoms with E-state index >= 15 is 0 Å². The van der Waals surface area contributed by atoms with Crippen LogP contribution in [0.15, 0.2) is 24.3 Å². The first kappa shape index (κ1) is 14.4. The fourth-order valence-electron chi connectivity index (χ4n) is 2.16. The summed E-state index contributed by atoms with van der Waals surface area (Å²) in [5.74, 6) is 1.05. The molecule has 1 atom stereocenters. The van der Waals surface area contributed by atoms with Crippen LogP contribution in [-0.2, 0) is 9.31 Å². The van der Waals surface area contributed by atoms with Crippen LogP contribution in [-0.4, -0.2) is 25.4 Å². The largest absolute Gasteiger partial charge is 0.497 e. The maximum absolute atomic E-state index is 6.08. The molecule has 1 aliphatic heterocycles. The Bertz CT molecular complexity index is 423. The molecule has 0 amide bonds. The van der Waals surface area contributed by atoms with Crippen molar-refractivity contribution in [2.24, 2.45) is 0 Å². The van der Waals surface area contributed by atoms with Gasteiger partial charge in [0, 0.05) is 5.82 Å². The van der Waals surface area contributed by atoms with E-state index in [4.69, 9.17) is 14.0 Å². The Balaban J connectivity index is 2.14. The summed E-state index contributed by atoms with van der Waals surface area (Å²) >= 11 is 0. The molecule has 0 aromatic heterocycles. The number of hydrogen-bond donors (Lipinski definition) is 0. The quantitative estimate of drug-likeness (QED) is 0.781. The zero-order valence-corrected chi connectivity index (χ0v) is 12.7. The first-order valence-corrected chi connectivity index (χ1v) is 6.76. The van der Waals surface area contributed by atoms with Crippen molar-refractivity contribution < 1.29 is 14.0 Å². The average Bonchev–Trinajstić information content (AvgIpc) is 2.58. The minimum Gasteiger partial charge on any atom is -0.497 e. The molecule has 1 saturated heterocycles. The normalized spacial score (nSPS) is 22.3. The molecule has 1 heterocycles. The third-order valence-electron chi connectivity index (χ3n) is 4.32. The van der Waals surface area contributed by atoms with Crippen LogP contribution in [0, 0.1) is 0 Å². The summed E-state index contributed by atoms with van der Waals surface area (Å²) in [6, 6.07) is 8.07. The summed E-state index contributed by atoms with van der Waals surface area (Å²) in [6.07, 6.45) is 0. The van der Waals surface area contributed by atoms with Gasteiger partial charge < -0.3 is 14.0 Å². The molecule has 0 saturated carbocycles. The molecule has 1 fully saturated rings. The summed E-state index contributed by atoms with van der Waals surface area (Å²) in [5, 5.41) is 0. The number of methoxy groups -OCH3 is 1. The summed E-state index contributed by atoms with van der Waals surface area (Å²) < 4.78 is 17.3. The summed E-state index contributed by atoms with van der Waals surface area (Å²) in [4.78, 5) is 0. The summed E-state index contributed by atoms with van der Waals surface area (Å²) in [6.45, 7) is 10.4.